The van der Waals surface area contributed by atoms with Crippen LogP contribution in [-0.4, -0.2) is 21.8 Å². The third kappa shape index (κ3) is 40.0. The van der Waals surface area contributed by atoms with E-state index < -0.39 is 48.6 Å². The number of hydrogen-bond acceptors (Lipinski definition) is 7. The van der Waals surface area contributed by atoms with Gasteiger partial charge in [0.1, 0.15) is 11.5 Å². The fourth-order valence-electron chi connectivity index (χ4n) is 2.86. The van der Waals surface area contributed by atoms with E-state index in [-0.39, 0.29) is 11.5 Å². The Morgan fingerprint density at radius 3 is 1.07 bits per heavy atom. The molecule has 4 aromatic rings. The van der Waals surface area contributed by atoms with Gasteiger partial charge in [-0.15, -0.1) is 8.39 Å². The van der Waals surface area contributed by atoms with Crippen LogP contribution in [0.25, 0.3) is 0 Å². The lowest BCUT2D eigenvalue weighted by Crippen LogP contribution is -2.11. The summed E-state index contributed by atoms with van der Waals surface area (Å²) in [6.07, 6.45) is 4.60. The van der Waals surface area contributed by atoms with E-state index >= 15 is 0 Å². The first-order chi connectivity index (χ1) is 27.3. The van der Waals surface area contributed by atoms with Gasteiger partial charge >= 0.3 is 36.8 Å². The van der Waals surface area contributed by atoms with Gasteiger partial charge in [0.05, 0.1) is 6.16 Å². The third-order valence-electron chi connectivity index (χ3n) is 4.82. The number of alkyl halides is 2. The second kappa shape index (κ2) is 35.6. The molecule has 0 fully saturated rings. The van der Waals surface area contributed by atoms with Gasteiger partial charge in [-0.05, 0) is 29.8 Å². The van der Waals surface area contributed by atoms with Crippen LogP contribution in [0.1, 0.15) is 92.2 Å². The Morgan fingerprint density at radius 1 is 0.508 bits per heavy atom. The van der Waals surface area contributed by atoms with Crippen LogP contribution in [0.4, 0.5) is 25.6 Å². The molecule has 0 aliphatic rings. The summed E-state index contributed by atoms with van der Waals surface area (Å²) in [6.45, 7) is 17.0. The zero-order chi connectivity index (χ0) is 46.6. The van der Waals surface area contributed by atoms with Crippen molar-refractivity contribution in [2.45, 2.75) is 92.9 Å². The number of benzene rings is 4. The van der Waals surface area contributed by atoms with Gasteiger partial charge in [0.2, 0.25) is 0 Å². The minimum absolute atomic E-state index is 0.0424. The van der Waals surface area contributed by atoms with E-state index in [1.165, 1.54) is 68.1 Å². The van der Waals surface area contributed by atoms with E-state index in [0.717, 1.165) is 19.2 Å². The molecular weight excluding hydrogens is 866 g/mol. The summed E-state index contributed by atoms with van der Waals surface area (Å²) >= 11 is 0. The van der Waals surface area contributed by atoms with Crippen molar-refractivity contribution >= 4 is 31.2 Å². The topological polar surface area (TPSA) is 157 Å². The molecule has 4 rings (SSSR count). The largest absolute Gasteiger partial charge is 0.569 e. The van der Waals surface area contributed by atoms with E-state index in [9.17, 15) is 43.8 Å². The molecule has 0 saturated carbocycles. The van der Waals surface area contributed by atoms with Crippen molar-refractivity contribution in [3.8, 4) is 11.5 Å². The van der Waals surface area contributed by atoms with Crippen molar-refractivity contribution in [2.24, 2.45) is 0 Å². The second-order valence-electron chi connectivity index (χ2n) is 11.4. The Kier molecular flexibility index (Phi) is 37.7. The van der Waals surface area contributed by atoms with E-state index in [2.05, 4.69) is 69.0 Å². The number of hydrogen-bond donors (Lipinski definition) is 3. The van der Waals surface area contributed by atoms with Gasteiger partial charge in [0, 0.05) is 12.7 Å². The highest BCUT2D eigenvalue weighted by molar-refractivity contribution is 7.53. The monoisotopic (exact) mass is 926 g/mol. The lowest BCUT2D eigenvalue weighted by Gasteiger charge is -2.15. The molecule has 4 atom stereocenters. The molecule has 3 N–H and O–H groups in total. The van der Waals surface area contributed by atoms with E-state index in [0.29, 0.717) is 5.56 Å². The maximum Gasteiger partial charge on any atom is 0.569 e. The first-order valence-corrected chi connectivity index (χ1v) is 24.4. The summed E-state index contributed by atoms with van der Waals surface area (Å²) in [7, 11) is -18.6. The van der Waals surface area contributed by atoms with Gasteiger partial charge < -0.3 is 18.8 Å². The van der Waals surface area contributed by atoms with Crippen molar-refractivity contribution in [2.75, 3.05) is 7.11 Å². The van der Waals surface area contributed by atoms with Crippen LogP contribution in [-0.2, 0) is 34.6 Å². The predicted octanol–water partition coefficient (Wildman–Crippen LogP) is 15.8. The third-order valence-corrected chi connectivity index (χ3v) is 7.83. The van der Waals surface area contributed by atoms with Crippen LogP contribution in [0.2, 0.25) is 0 Å². The molecule has 0 aliphatic carbocycles. The predicted molar refractivity (Wildman–Crippen MR) is 227 cm³/mol. The van der Waals surface area contributed by atoms with Crippen molar-refractivity contribution in [1.82, 2.24) is 0 Å². The highest BCUT2D eigenvalue weighted by Crippen LogP contribution is 2.63. The molecule has 4 unspecified atom stereocenters. The van der Waals surface area contributed by atoms with E-state index in [1.807, 2.05) is 0 Å². The number of rotatable bonds is 9. The normalized spacial score (nSPS) is 13.8. The lowest BCUT2D eigenvalue weighted by molar-refractivity contribution is 0.0645. The fraction of sp³-hybridized carbons (Fsp3) is 0.385. The maximum atomic E-state index is 12.8. The Labute approximate surface area is 346 Å². The van der Waals surface area contributed by atoms with E-state index in [4.69, 9.17) is 14.7 Å². The zero-order valence-corrected chi connectivity index (χ0v) is 38.4. The Bertz CT molecular complexity index is 1670. The molecule has 0 aromatic heterocycles. The fourth-order valence-corrected chi connectivity index (χ4v) is 4.82. The molecule has 0 aliphatic heterocycles. The molecular formula is C39H60F6O10P4. The molecule has 0 amide bonds. The molecule has 4 aromatic carbocycles. The van der Waals surface area contributed by atoms with E-state index in [1.54, 1.807) is 66.7 Å². The van der Waals surface area contributed by atoms with Gasteiger partial charge in [0.25, 0.3) is 0 Å². The minimum atomic E-state index is -5.92. The summed E-state index contributed by atoms with van der Waals surface area (Å²) in [4.78, 5) is 24.6. The van der Waals surface area contributed by atoms with Gasteiger partial charge in [-0.25, -0.2) is 13.7 Å². The molecule has 0 radical (unpaired) electrons. The molecule has 0 heterocycles. The quantitative estimate of drug-likeness (QED) is 0.109. The van der Waals surface area contributed by atoms with Gasteiger partial charge in [-0.3, -0.25) is 14.0 Å². The summed E-state index contributed by atoms with van der Waals surface area (Å²) in [5.41, 5.74) is -4.59. The zero-order valence-electron chi connectivity index (χ0n) is 34.8. The van der Waals surface area contributed by atoms with Crippen LogP contribution in [0.15, 0.2) is 121 Å². The van der Waals surface area contributed by atoms with Crippen molar-refractivity contribution in [3.05, 3.63) is 132 Å². The number of para-hydroxylation sites is 2. The van der Waals surface area contributed by atoms with Crippen LogP contribution in [0, 0.1) is 0 Å². The molecule has 59 heavy (non-hydrogen) atoms. The second-order valence-corrected chi connectivity index (χ2v) is 17.0. The average molecular weight is 927 g/mol. The van der Waals surface area contributed by atoms with Crippen LogP contribution in [0.5, 0.6) is 11.5 Å². The van der Waals surface area contributed by atoms with Gasteiger partial charge in [-0.1, -0.05) is 178 Å². The number of halogens is 6. The molecule has 0 bridgehead atoms. The summed E-state index contributed by atoms with van der Waals surface area (Å²) in [5, 5.41) is 0. The Hall–Kier alpha value is -3.18. The SMILES string of the molecule is CCC.CCC.CCC.CCC.COP(=O)(F)Oc1ccccc1.O=P(O)(F)C(F)(F)c1ccccc1.O=P(O)(F)Cc1ccccc1.O=P(O)(F)Oc1ccccc1. The van der Waals surface area contributed by atoms with Gasteiger partial charge in [-0.2, -0.15) is 17.2 Å². The Morgan fingerprint density at radius 2 is 0.797 bits per heavy atom. The minimum Gasteiger partial charge on any atom is -0.401 e. The summed E-state index contributed by atoms with van der Waals surface area (Å²) < 4.78 is 128. The maximum absolute atomic E-state index is 12.8. The standard InChI is InChI=1S/C7H6F3O2P.C7H8FO3P.C7H8FO2P.C6H6FO3P.4C3H8/c8-7(9,13(10,11)12)6-4-2-1-3-5-6;1-10-12(8,9)11-7-5-3-2-4-6-7;8-11(9,10)6-7-4-2-1-3-5-7;7-11(8,9)10-6-4-2-1-3-5-6;4*1-3-2/h1-5H,(H,11,12);2-6H,1H3;1-5H,6H2,(H,9,10);1-5H,(H,8,9);4*3H2,1-2H3. The van der Waals surface area contributed by atoms with Crippen molar-refractivity contribution in [3.63, 3.8) is 0 Å². The van der Waals surface area contributed by atoms with Gasteiger partial charge in [0.15, 0.2) is 0 Å². The van der Waals surface area contributed by atoms with Crippen molar-refractivity contribution in [1.29, 1.82) is 0 Å². The first kappa shape index (κ1) is 62.5. The summed E-state index contributed by atoms with van der Waals surface area (Å²) in [5.74, 6) is 0.228. The van der Waals surface area contributed by atoms with Crippen molar-refractivity contribution < 1.29 is 72.1 Å². The smallest absolute Gasteiger partial charge is 0.401 e. The lowest BCUT2D eigenvalue weighted by atomic mass is 10.2. The first-order valence-electron chi connectivity index (χ1n) is 18.2. The van der Waals surface area contributed by atoms with Crippen LogP contribution < -0.4 is 9.05 Å². The van der Waals surface area contributed by atoms with Crippen LogP contribution in [0.3, 0.4) is 0 Å². The Balaban J connectivity index is -0.000000313. The molecule has 0 saturated heterocycles. The highest BCUT2D eigenvalue weighted by atomic mass is 31.2. The molecule has 10 nitrogen and oxygen atoms in total. The molecule has 20 heteroatoms. The average Bonchev–Trinajstić information content (AvgIpc) is 3.13. The summed E-state index contributed by atoms with van der Waals surface area (Å²) in [6, 6.07) is 29.7. The molecule has 0 spiro atoms. The highest BCUT2D eigenvalue weighted by Gasteiger charge is 2.51. The molecule has 338 valence electrons. The van der Waals surface area contributed by atoms with Crippen LogP contribution >= 0.6 is 31.2 Å².